The molecule has 2 aliphatic heterocycles. The van der Waals surface area contributed by atoms with Gasteiger partial charge in [0.1, 0.15) is 5.76 Å². The lowest BCUT2D eigenvalue weighted by molar-refractivity contribution is -0.121. The topological polar surface area (TPSA) is 57.5 Å². The summed E-state index contributed by atoms with van der Waals surface area (Å²) in [6, 6.07) is 4.05. The quantitative estimate of drug-likeness (QED) is 0.864. The Morgan fingerprint density at radius 3 is 2.81 bits per heavy atom. The molecule has 1 aromatic heterocycles. The van der Waals surface area contributed by atoms with E-state index < -0.39 is 0 Å². The van der Waals surface area contributed by atoms with Crippen molar-refractivity contribution in [3.63, 3.8) is 0 Å². The average molecular weight is 291 g/mol. The van der Waals surface area contributed by atoms with Crippen LogP contribution in [-0.2, 0) is 4.79 Å². The fraction of sp³-hybridized carbons (Fsp3) is 0.688. The summed E-state index contributed by atoms with van der Waals surface area (Å²) in [5, 5.41) is 6.42. The van der Waals surface area contributed by atoms with Crippen LogP contribution in [0.3, 0.4) is 0 Å². The van der Waals surface area contributed by atoms with Crippen molar-refractivity contribution in [1.29, 1.82) is 0 Å². The molecule has 2 saturated heterocycles. The molecule has 116 valence electrons. The first-order chi connectivity index (χ1) is 10.1. The van der Waals surface area contributed by atoms with Gasteiger partial charge >= 0.3 is 0 Å². The van der Waals surface area contributed by atoms with E-state index >= 15 is 0 Å². The van der Waals surface area contributed by atoms with Crippen LogP contribution < -0.4 is 10.6 Å². The molecule has 1 aromatic rings. The van der Waals surface area contributed by atoms with Gasteiger partial charge in [-0.25, -0.2) is 0 Å². The van der Waals surface area contributed by atoms with Crippen molar-refractivity contribution in [2.75, 3.05) is 26.2 Å². The van der Waals surface area contributed by atoms with Crippen molar-refractivity contribution < 1.29 is 9.21 Å². The van der Waals surface area contributed by atoms with Crippen LogP contribution in [0, 0.1) is 5.41 Å². The molecule has 5 heteroatoms. The second-order valence-electron chi connectivity index (χ2n) is 6.82. The maximum Gasteiger partial charge on any atom is 0.237 e. The van der Waals surface area contributed by atoms with E-state index in [1.165, 1.54) is 12.8 Å². The zero-order valence-electron chi connectivity index (χ0n) is 12.9. The Kier molecular flexibility index (Phi) is 4.04. The first-order valence-electron chi connectivity index (χ1n) is 7.86. The average Bonchev–Trinajstić information content (AvgIpc) is 3.16. The Morgan fingerprint density at radius 2 is 2.24 bits per heavy atom. The number of nitrogens with zero attached hydrogens (tertiary/aromatic N) is 1. The van der Waals surface area contributed by atoms with E-state index in [-0.39, 0.29) is 23.4 Å². The standard InChI is InChI=1S/C16H25N3O2/c1-16(2)11-18-15(20)14(16)17-10-12(13-6-5-9-21-13)19-7-3-4-8-19/h5-6,9,12,14,17H,3-4,7-8,10-11H2,1-2H3,(H,18,20)/t12-,14-/m1/s1. The smallest absolute Gasteiger partial charge is 0.237 e. The van der Waals surface area contributed by atoms with Crippen molar-refractivity contribution in [3.05, 3.63) is 24.2 Å². The van der Waals surface area contributed by atoms with Crippen LogP contribution in [0.1, 0.15) is 38.5 Å². The van der Waals surface area contributed by atoms with Gasteiger partial charge in [0, 0.05) is 18.5 Å². The number of rotatable bonds is 5. The molecule has 0 aromatic carbocycles. The lowest BCUT2D eigenvalue weighted by Gasteiger charge is -2.30. The maximum absolute atomic E-state index is 12.0. The van der Waals surface area contributed by atoms with Crippen LogP contribution in [-0.4, -0.2) is 43.0 Å². The minimum absolute atomic E-state index is 0.0458. The van der Waals surface area contributed by atoms with E-state index in [9.17, 15) is 4.79 Å². The first-order valence-corrected chi connectivity index (χ1v) is 7.86. The summed E-state index contributed by atoms with van der Waals surface area (Å²) in [6.07, 6.45) is 4.21. The van der Waals surface area contributed by atoms with Gasteiger partial charge in [-0.1, -0.05) is 13.8 Å². The predicted molar refractivity (Wildman–Crippen MR) is 80.8 cm³/mol. The van der Waals surface area contributed by atoms with Crippen LogP contribution in [0.15, 0.2) is 22.8 Å². The second-order valence-corrected chi connectivity index (χ2v) is 6.82. The zero-order chi connectivity index (χ0) is 14.9. The summed E-state index contributed by atoms with van der Waals surface area (Å²) in [4.78, 5) is 14.4. The molecule has 2 aliphatic rings. The van der Waals surface area contributed by atoms with E-state index in [1.807, 2.05) is 12.1 Å². The Morgan fingerprint density at radius 1 is 1.48 bits per heavy atom. The zero-order valence-corrected chi connectivity index (χ0v) is 12.9. The Balaban J connectivity index is 1.69. The van der Waals surface area contributed by atoms with E-state index in [0.717, 1.165) is 31.9 Å². The molecule has 0 unspecified atom stereocenters. The number of hydrogen-bond donors (Lipinski definition) is 2. The van der Waals surface area contributed by atoms with Crippen molar-refractivity contribution in [3.8, 4) is 0 Å². The van der Waals surface area contributed by atoms with Crippen molar-refractivity contribution in [2.45, 2.75) is 38.8 Å². The van der Waals surface area contributed by atoms with Crippen molar-refractivity contribution in [2.24, 2.45) is 5.41 Å². The summed E-state index contributed by atoms with van der Waals surface area (Å²) in [7, 11) is 0. The number of carbonyl (C=O) groups excluding carboxylic acids is 1. The summed E-state index contributed by atoms with van der Waals surface area (Å²) in [6.45, 7) is 7.94. The highest BCUT2D eigenvalue weighted by Crippen LogP contribution is 2.28. The minimum atomic E-state index is -0.127. The molecule has 2 N–H and O–H groups in total. The molecule has 0 bridgehead atoms. The summed E-state index contributed by atoms with van der Waals surface area (Å²) in [5.41, 5.74) is -0.0458. The maximum atomic E-state index is 12.0. The summed E-state index contributed by atoms with van der Waals surface area (Å²) in [5.74, 6) is 1.10. The normalized spacial score (nSPS) is 27.0. The van der Waals surface area contributed by atoms with Gasteiger partial charge in [-0.3, -0.25) is 9.69 Å². The van der Waals surface area contributed by atoms with Gasteiger partial charge in [0.15, 0.2) is 0 Å². The molecule has 21 heavy (non-hydrogen) atoms. The highest BCUT2D eigenvalue weighted by atomic mass is 16.3. The first kappa shape index (κ1) is 14.6. The molecule has 0 aliphatic carbocycles. The molecular formula is C16H25N3O2. The number of carbonyl (C=O) groups is 1. The predicted octanol–water partition coefficient (Wildman–Crippen LogP) is 1.53. The Bertz CT molecular complexity index is 478. The van der Waals surface area contributed by atoms with Crippen LogP contribution in [0.4, 0.5) is 0 Å². The Hall–Kier alpha value is -1.33. The van der Waals surface area contributed by atoms with Gasteiger partial charge < -0.3 is 15.1 Å². The van der Waals surface area contributed by atoms with Gasteiger partial charge in [-0.15, -0.1) is 0 Å². The van der Waals surface area contributed by atoms with Crippen LogP contribution in [0.25, 0.3) is 0 Å². The molecule has 2 fully saturated rings. The lowest BCUT2D eigenvalue weighted by Crippen LogP contribution is -2.47. The monoisotopic (exact) mass is 291 g/mol. The fourth-order valence-corrected chi connectivity index (χ4v) is 3.42. The molecule has 3 rings (SSSR count). The number of furan rings is 1. The van der Waals surface area contributed by atoms with Crippen molar-refractivity contribution in [1.82, 2.24) is 15.5 Å². The highest BCUT2D eigenvalue weighted by molar-refractivity contribution is 5.85. The van der Waals surface area contributed by atoms with E-state index in [0.29, 0.717) is 0 Å². The number of hydrogen-bond acceptors (Lipinski definition) is 4. The third-order valence-corrected chi connectivity index (χ3v) is 4.73. The van der Waals surface area contributed by atoms with Crippen molar-refractivity contribution >= 4 is 5.91 Å². The third-order valence-electron chi connectivity index (χ3n) is 4.73. The molecule has 5 nitrogen and oxygen atoms in total. The van der Waals surface area contributed by atoms with Gasteiger partial charge in [0.25, 0.3) is 0 Å². The molecule has 0 radical (unpaired) electrons. The molecule has 1 amide bonds. The van der Waals surface area contributed by atoms with Crippen LogP contribution in [0.2, 0.25) is 0 Å². The van der Waals surface area contributed by atoms with E-state index in [2.05, 4.69) is 29.4 Å². The SMILES string of the molecule is CC1(C)CNC(=O)[C@H]1NC[C@H](c1ccco1)N1CCCC1. The lowest BCUT2D eigenvalue weighted by atomic mass is 9.87. The highest BCUT2D eigenvalue weighted by Gasteiger charge is 2.41. The molecule has 2 atom stereocenters. The molecule has 0 spiro atoms. The van der Waals surface area contributed by atoms with Crippen LogP contribution >= 0.6 is 0 Å². The largest absolute Gasteiger partial charge is 0.468 e. The molecular weight excluding hydrogens is 266 g/mol. The molecule has 3 heterocycles. The number of amides is 1. The third kappa shape index (κ3) is 2.99. The number of nitrogens with one attached hydrogen (secondary N) is 2. The van der Waals surface area contributed by atoms with Gasteiger partial charge in [0.05, 0.1) is 18.3 Å². The van der Waals surface area contributed by atoms with Gasteiger partial charge in [0.2, 0.25) is 5.91 Å². The van der Waals surface area contributed by atoms with Crippen LogP contribution in [0.5, 0.6) is 0 Å². The fourth-order valence-electron chi connectivity index (χ4n) is 3.42. The second kappa shape index (κ2) is 5.81. The van der Waals surface area contributed by atoms with Gasteiger partial charge in [-0.2, -0.15) is 0 Å². The minimum Gasteiger partial charge on any atom is -0.468 e. The van der Waals surface area contributed by atoms with E-state index in [4.69, 9.17) is 4.42 Å². The van der Waals surface area contributed by atoms with Gasteiger partial charge in [-0.05, 0) is 38.1 Å². The summed E-state index contributed by atoms with van der Waals surface area (Å²) >= 11 is 0. The number of likely N-dealkylation sites (tertiary alicyclic amines) is 1. The summed E-state index contributed by atoms with van der Waals surface area (Å²) < 4.78 is 5.62. The van der Waals surface area contributed by atoms with E-state index in [1.54, 1.807) is 6.26 Å². The molecule has 0 saturated carbocycles. The Labute approximate surface area is 126 Å².